The highest BCUT2D eigenvalue weighted by molar-refractivity contribution is 5.54. The molecule has 2 N–H and O–H groups in total. The molecule has 1 heterocycles. The van der Waals surface area contributed by atoms with Crippen LogP contribution in [-0.2, 0) is 6.42 Å². The Bertz CT molecular complexity index is 587. The number of aromatic nitrogens is 2. The highest BCUT2D eigenvalue weighted by Gasteiger charge is 2.12. The number of hydrogen-bond acceptors (Lipinski definition) is 3. The van der Waals surface area contributed by atoms with E-state index in [4.69, 9.17) is 10.5 Å². The third kappa shape index (κ3) is 2.57. The van der Waals surface area contributed by atoms with Gasteiger partial charge in [0, 0.05) is 23.5 Å². The Morgan fingerprint density at radius 2 is 1.95 bits per heavy atom. The van der Waals surface area contributed by atoms with Crippen LogP contribution in [0, 0.1) is 13.8 Å². The number of ether oxygens (including phenoxy) is 1. The lowest BCUT2D eigenvalue weighted by Gasteiger charge is -2.10. The lowest BCUT2D eigenvalue weighted by molar-refractivity contribution is 0.340. The molecule has 0 atom stereocenters. The molecular weight excluding hydrogens is 238 g/mol. The molecule has 0 aliphatic heterocycles. The van der Waals surface area contributed by atoms with Crippen LogP contribution in [0.1, 0.15) is 30.8 Å². The molecule has 0 aliphatic rings. The summed E-state index contributed by atoms with van der Waals surface area (Å²) in [5.74, 6) is 0.781. The van der Waals surface area contributed by atoms with E-state index in [-0.39, 0.29) is 0 Å². The summed E-state index contributed by atoms with van der Waals surface area (Å²) in [6, 6.07) is 5.72. The van der Waals surface area contributed by atoms with Gasteiger partial charge in [-0.25, -0.2) is 4.68 Å². The molecule has 1 aromatic carbocycles. The first kappa shape index (κ1) is 13.5. The number of nitrogen functional groups attached to an aromatic ring is 1. The second-order valence-electron chi connectivity index (χ2n) is 4.61. The van der Waals surface area contributed by atoms with E-state index >= 15 is 0 Å². The SMILES string of the molecule is CCOc1cc(N)cc(-n2nc(C)c(CC)c2C)c1. The molecule has 1 aromatic heterocycles. The van der Waals surface area contributed by atoms with E-state index in [9.17, 15) is 0 Å². The molecule has 4 nitrogen and oxygen atoms in total. The summed E-state index contributed by atoms with van der Waals surface area (Å²) in [4.78, 5) is 0. The van der Waals surface area contributed by atoms with E-state index in [2.05, 4.69) is 18.9 Å². The van der Waals surface area contributed by atoms with Gasteiger partial charge < -0.3 is 10.5 Å². The summed E-state index contributed by atoms with van der Waals surface area (Å²) in [6.07, 6.45) is 0.984. The first-order chi connectivity index (χ1) is 9.06. The van der Waals surface area contributed by atoms with Crippen molar-refractivity contribution in [2.24, 2.45) is 0 Å². The first-order valence-electron chi connectivity index (χ1n) is 6.65. The van der Waals surface area contributed by atoms with Gasteiger partial charge >= 0.3 is 0 Å². The first-order valence-corrected chi connectivity index (χ1v) is 6.65. The van der Waals surface area contributed by atoms with Crippen LogP contribution >= 0.6 is 0 Å². The van der Waals surface area contributed by atoms with Crippen molar-refractivity contribution in [2.45, 2.75) is 34.1 Å². The number of anilines is 1. The zero-order chi connectivity index (χ0) is 14.0. The minimum absolute atomic E-state index is 0.625. The highest BCUT2D eigenvalue weighted by atomic mass is 16.5. The Labute approximate surface area is 114 Å². The minimum Gasteiger partial charge on any atom is -0.494 e. The van der Waals surface area contributed by atoms with Crippen LogP contribution in [0.15, 0.2) is 18.2 Å². The predicted molar refractivity (Wildman–Crippen MR) is 78.0 cm³/mol. The molecule has 0 saturated heterocycles. The monoisotopic (exact) mass is 259 g/mol. The number of rotatable bonds is 4. The van der Waals surface area contributed by atoms with Crippen molar-refractivity contribution in [1.82, 2.24) is 9.78 Å². The van der Waals surface area contributed by atoms with Gasteiger partial charge in [0.1, 0.15) is 5.75 Å². The molecule has 0 amide bonds. The number of nitrogens with zero attached hydrogens (tertiary/aromatic N) is 2. The molecule has 2 rings (SSSR count). The Morgan fingerprint density at radius 3 is 2.53 bits per heavy atom. The number of benzene rings is 1. The zero-order valence-electron chi connectivity index (χ0n) is 12.0. The van der Waals surface area contributed by atoms with Gasteiger partial charge in [-0.2, -0.15) is 5.10 Å². The van der Waals surface area contributed by atoms with Gasteiger partial charge in [0.05, 0.1) is 18.0 Å². The number of nitrogens with two attached hydrogens (primary N) is 1. The van der Waals surface area contributed by atoms with Crippen LogP contribution in [0.2, 0.25) is 0 Å². The summed E-state index contributed by atoms with van der Waals surface area (Å²) in [6.45, 7) is 8.86. The van der Waals surface area contributed by atoms with Gasteiger partial charge in [-0.15, -0.1) is 0 Å². The molecule has 0 spiro atoms. The Hall–Kier alpha value is -1.97. The number of hydrogen-bond donors (Lipinski definition) is 1. The smallest absolute Gasteiger partial charge is 0.123 e. The fourth-order valence-electron chi connectivity index (χ4n) is 2.42. The van der Waals surface area contributed by atoms with E-state index < -0.39 is 0 Å². The Morgan fingerprint density at radius 1 is 1.21 bits per heavy atom. The van der Waals surface area contributed by atoms with Gasteiger partial charge in [-0.3, -0.25) is 0 Å². The van der Waals surface area contributed by atoms with Crippen LogP contribution in [0.3, 0.4) is 0 Å². The molecule has 0 unspecified atom stereocenters. The van der Waals surface area contributed by atoms with Crippen LogP contribution in [0.5, 0.6) is 5.75 Å². The average molecular weight is 259 g/mol. The summed E-state index contributed by atoms with van der Waals surface area (Å²) >= 11 is 0. The van der Waals surface area contributed by atoms with Gasteiger partial charge in [-0.05, 0) is 38.8 Å². The predicted octanol–water partition coefficient (Wildman–Crippen LogP) is 3.03. The van der Waals surface area contributed by atoms with Gasteiger partial charge in [0.2, 0.25) is 0 Å². The normalized spacial score (nSPS) is 10.7. The molecule has 102 valence electrons. The molecule has 19 heavy (non-hydrogen) atoms. The van der Waals surface area contributed by atoms with E-state index in [1.807, 2.05) is 36.7 Å². The lowest BCUT2D eigenvalue weighted by Crippen LogP contribution is -2.02. The highest BCUT2D eigenvalue weighted by Crippen LogP contribution is 2.24. The van der Waals surface area contributed by atoms with Crippen LogP contribution in [-0.4, -0.2) is 16.4 Å². The van der Waals surface area contributed by atoms with Crippen LogP contribution in [0.25, 0.3) is 5.69 Å². The molecular formula is C15H21N3O. The van der Waals surface area contributed by atoms with Crippen LogP contribution in [0.4, 0.5) is 5.69 Å². The number of aryl methyl sites for hydroxylation is 1. The van der Waals surface area contributed by atoms with E-state index in [1.165, 1.54) is 5.56 Å². The molecule has 0 radical (unpaired) electrons. The maximum atomic E-state index is 5.93. The third-order valence-corrected chi connectivity index (χ3v) is 3.26. The van der Waals surface area contributed by atoms with Crippen molar-refractivity contribution in [3.8, 4) is 11.4 Å². The largest absolute Gasteiger partial charge is 0.494 e. The van der Waals surface area contributed by atoms with Crippen molar-refractivity contribution >= 4 is 5.69 Å². The maximum absolute atomic E-state index is 5.93. The van der Waals surface area contributed by atoms with E-state index in [0.717, 1.165) is 29.2 Å². The van der Waals surface area contributed by atoms with E-state index in [0.29, 0.717) is 12.3 Å². The molecule has 0 aliphatic carbocycles. The quantitative estimate of drug-likeness (QED) is 0.859. The van der Waals surface area contributed by atoms with E-state index in [1.54, 1.807) is 0 Å². The van der Waals surface area contributed by atoms with Crippen molar-refractivity contribution < 1.29 is 4.74 Å². The van der Waals surface area contributed by atoms with Crippen molar-refractivity contribution in [3.63, 3.8) is 0 Å². The van der Waals surface area contributed by atoms with Crippen molar-refractivity contribution in [2.75, 3.05) is 12.3 Å². The van der Waals surface area contributed by atoms with Crippen molar-refractivity contribution in [1.29, 1.82) is 0 Å². The molecule has 0 bridgehead atoms. The lowest BCUT2D eigenvalue weighted by atomic mass is 10.1. The minimum atomic E-state index is 0.625. The standard InChI is InChI=1S/C15H21N3O/c1-5-15-10(3)17-18(11(15)4)13-7-12(16)8-14(9-13)19-6-2/h7-9H,5-6,16H2,1-4H3. The molecule has 4 heteroatoms. The summed E-state index contributed by atoms with van der Waals surface area (Å²) < 4.78 is 7.47. The summed E-state index contributed by atoms with van der Waals surface area (Å²) in [5, 5.41) is 4.60. The molecule has 0 fully saturated rings. The average Bonchev–Trinajstić information content (AvgIpc) is 2.64. The van der Waals surface area contributed by atoms with Gasteiger partial charge in [0.25, 0.3) is 0 Å². The molecule has 0 saturated carbocycles. The topological polar surface area (TPSA) is 53.1 Å². The summed E-state index contributed by atoms with van der Waals surface area (Å²) in [7, 11) is 0. The Balaban J connectivity index is 2.52. The second kappa shape index (κ2) is 5.34. The van der Waals surface area contributed by atoms with Gasteiger partial charge in [-0.1, -0.05) is 6.92 Å². The second-order valence-corrected chi connectivity index (χ2v) is 4.61. The van der Waals surface area contributed by atoms with Gasteiger partial charge in [0.15, 0.2) is 0 Å². The summed E-state index contributed by atoms with van der Waals surface area (Å²) in [5.41, 5.74) is 11.1. The Kier molecular flexibility index (Phi) is 3.79. The third-order valence-electron chi connectivity index (χ3n) is 3.26. The maximum Gasteiger partial charge on any atom is 0.123 e. The molecule has 2 aromatic rings. The zero-order valence-corrected chi connectivity index (χ0v) is 12.0. The van der Waals surface area contributed by atoms with Crippen LogP contribution < -0.4 is 10.5 Å². The van der Waals surface area contributed by atoms with Crippen molar-refractivity contribution in [3.05, 3.63) is 35.2 Å². The fourth-order valence-corrected chi connectivity index (χ4v) is 2.42. The fraction of sp³-hybridized carbons (Fsp3) is 0.400.